The van der Waals surface area contributed by atoms with E-state index in [1.807, 2.05) is 6.07 Å². The molecule has 2 rings (SSSR count). The summed E-state index contributed by atoms with van der Waals surface area (Å²) in [5.74, 6) is -1.61. The highest BCUT2D eigenvalue weighted by atomic mass is 19.1. The van der Waals surface area contributed by atoms with E-state index in [-0.39, 0.29) is 18.1 Å². The molecule has 1 aromatic carbocycles. The smallest absolute Gasteiger partial charge is 0.130 e. The average Bonchev–Trinajstić information content (AvgIpc) is 2.93. The number of nitrogens with zero attached hydrogens (tertiary/aromatic N) is 1. The van der Waals surface area contributed by atoms with Crippen molar-refractivity contribution in [1.29, 1.82) is 5.26 Å². The van der Waals surface area contributed by atoms with Crippen LogP contribution in [0, 0.1) is 28.9 Å². The number of hydrogen-bond acceptors (Lipinski definition) is 2. The molecule has 15 heavy (non-hydrogen) atoms. The summed E-state index contributed by atoms with van der Waals surface area (Å²) < 4.78 is 26.1. The summed E-state index contributed by atoms with van der Waals surface area (Å²) in [6.45, 7) is -0.148. The van der Waals surface area contributed by atoms with Crippen LogP contribution in [0.5, 0.6) is 0 Å². The van der Waals surface area contributed by atoms with Crippen LogP contribution in [0.2, 0.25) is 0 Å². The zero-order valence-electron chi connectivity index (χ0n) is 7.87. The molecule has 2 unspecified atom stereocenters. The van der Waals surface area contributed by atoms with Crippen LogP contribution in [0.25, 0.3) is 0 Å². The number of benzene rings is 1. The lowest BCUT2D eigenvalue weighted by atomic mass is 9.94. The molecule has 0 radical (unpaired) electrons. The Morgan fingerprint density at radius 2 is 2.27 bits per heavy atom. The summed E-state index contributed by atoms with van der Waals surface area (Å²) in [5.41, 5.74) is -0.766. The quantitative estimate of drug-likeness (QED) is 0.806. The predicted octanol–water partition coefficient (Wildman–Crippen LogP) is 1.74. The van der Waals surface area contributed by atoms with E-state index in [1.54, 1.807) is 0 Å². The minimum atomic E-state index is -0.952. The summed E-state index contributed by atoms with van der Waals surface area (Å²) in [5, 5.41) is 17.9. The molecular formula is C11H9F2NO. The minimum absolute atomic E-state index is 0.148. The van der Waals surface area contributed by atoms with Gasteiger partial charge in [0, 0.05) is 24.2 Å². The largest absolute Gasteiger partial charge is 0.396 e. The highest BCUT2D eigenvalue weighted by Gasteiger charge is 2.57. The van der Waals surface area contributed by atoms with E-state index in [0.29, 0.717) is 6.42 Å². The molecule has 1 saturated carbocycles. The monoisotopic (exact) mass is 209 g/mol. The molecule has 1 fully saturated rings. The van der Waals surface area contributed by atoms with Gasteiger partial charge >= 0.3 is 0 Å². The maximum Gasteiger partial charge on any atom is 0.130 e. The third-order valence-electron chi connectivity index (χ3n) is 2.94. The van der Waals surface area contributed by atoms with Crippen LogP contribution >= 0.6 is 0 Å². The van der Waals surface area contributed by atoms with Gasteiger partial charge in [-0.2, -0.15) is 5.26 Å². The Morgan fingerprint density at radius 1 is 1.53 bits per heavy atom. The number of rotatable bonds is 2. The van der Waals surface area contributed by atoms with Crippen LogP contribution in [0.3, 0.4) is 0 Å². The van der Waals surface area contributed by atoms with Gasteiger partial charge in [-0.15, -0.1) is 0 Å². The van der Waals surface area contributed by atoms with E-state index >= 15 is 0 Å². The third-order valence-corrected chi connectivity index (χ3v) is 2.94. The van der Waals surface area contributed by atoms with Crippen molar-refractivity contribution in [2.24, 2.45) is 5.92 Å². The van der Waals surface area contributed by atoms with E-state index in [4.69, 9.17) is 10.4 Å². The van der Waals surface area contributed by atoms with Crippen molar-refractivity contribution in [3.05, 3.63) is 35.4 Å². The SMILES string of the molecule is N#CC1(c2ccc(F)cc2F)CC1CO. The first-order chi connectivity index (χ1) is 7.14. The summed E-state index contributed by atoms with van der Waals surface area (Å²) >= 11 is 0. The molecule has 0 saturated heterocycles. The fourth-order valence-corrected chi connectivity index (χ4v) is 1.93. The second-order valence-electron chi connectivity index (χ2n) is 3.79. The molecule has 4 heteroatoms. The second-order valence-corrected chi connectivity index (χ2v) is 3.79. The lowest BCUT2D eigenvalue weighted by molar-refractivity contribution is 0.268. The number of nitriles is 1. The summed E-state index contributed by atoms with van der Waals surface area (Å²) in [7, 11) is 0. The van der Waals surface area contributed by atoms with Gasteiger partial charge in [0.2, 0.25) is 0 Å². The fraction of sp³-hybridized carbons (Fsp3) is 0.364. The van der Waals surface area contributed by atoms with E-state index in [9.17, 15) is 8.78 Å². The normalized spacial score (nSPS) is 28.5. The van der Waals surface area contributed by atoms with Crippen LogP contribution in [0.1, 0.15) is 12.0 Å². The van der Waals surface area contributed by atoms with Crippen molar-refractivity contribution in [3.63, 3.8) is 0 Å². The van der Waals surface area contributed by atoms with Crippen LogP contribution in [-0.2, 0) is 5.41 Å². The Labute approximate surface area is 85.8 Å². The van der Waals surface area contributed by atoms with Crippen molar-refractivity contribution in [2.75, 3.05) is 6.61 Å². The molecule has 2 nitrogen and oxygen atoms in total. The van der Waals surface area contributed by atoms with Crippen molar-refractivity contribution >= 4 is 0 Å². The molecule has 2 atom stereocenters. The van der Waals surface area contributed by atoms with Gasteiger partial charge in [-0.05, 0) is 12.5 Å². The molecule has 1 aromatic rings. The maximum absolute atomic E-state index is 13.4. The van der Waals surface area contributed by atoms with Crippen LogP contribution < -0.4 is 0 Å². The fourth-order valence-electron chi connectivity index (χ4n) is 1.93. The van der Waals surface area contributed by atoms with Crippen molar-refractivity contribution in [2.45, 2.75) is 11.8 Å². The standard InChI is InChI=1S/C11H9F2NO/c12-8-1-2-9(10(13)3-8)11(6-14)4-7(11)5-15/h1-3,7,15H,4-5H2. The van der Waals surface area contributed by atoms with Crippen molar-refractivity contribution < 1.29 is 13.9 Å². The highest BCUT2D eigenvalue weighted by molar-refractivity contribution is 5.42. The van der Waals surface area contributed by atoms with Gasteiger partial charge in [-0.25, -0.2) is 8.78 Å². The van der Waals surface area contributed by atoms with Gasteiger partial charge in [-0.3, -0.25) is 0 Å². The first-order valence-corrected chi connectivity index (χ1v) is 4.61. The first kappa shape index (κ1) is 10.1. The Bertz CT molecular complexity index is 441. The molecule has 0 heterocycles. The Morgan fingerprint density at radius 3 is 2.73 bits per heavy atom. The van der Waals surface area contributed by atoms with Gasteiger partial charge < -0.3 is 5.11 Å². The number of hydrogen-bond donors (Lipinski definition) is 1. The summed E-state index contributed by atoms with van der Waals surface area (Å²) in [6.07, 6.45) is 0.433. The summed E-state index contributed by atoms with van der Waals surface area (Å²) in [4.78, 5) is 0. The van der Waals surface area contributed by atoms with E-state index in [0.717, 1.165) is 12.1 Å². The first-order valence-electron chi connectivity index (χ1n) is 4.61. The molecule has 0 amide bonds. The highest BCUT2D eigenvalue weighted by Crippen LogP contribution is 2.54. The predicted molar refractivity (Wildman–Crippen MR) is 48.8 cm³/mol. The summed E-state index contributed by atoms with van der Waals surface area (Å²) in [6, 6.07) is 5.18. The second kappa shape index (κ2) is 3.28. The zero-order valence-corrected chi connectivity index (χ0v) is 7.87. The molecule has 0 bridgehead atoms. The molecule has 0 spiro atoms. The Kier molecular flexibility index (Phi) is 2.20. The van der Waals surface area contributed by atoms with Gasteiger partial charge in [0.1, 0.15) is 11.6 Å². The minimum Gasteiger partial charge on any atom is -0.396 e. The maximum atomic E-state index is 13.4. The van der Waals surface area contributed by atoms with Crippen LogP contribution in [0.15, 0.2) is 18.2 Å². The van der Waals surface area contributed by atoms with Crippen LogP contribution in [-0.4, -0.2) is 11.7 Å². The van der Waals surface area contributed by atoms with E-state index in [1.165, 1.54) is 6.07 Å². The lowest BCUT2D eigenvalue weighted by Gasteiger charge is -2.09. The van der Waals surface area contributed by atoms with Crippen molar-refractivity contribution in [1.82, 2.24) is 0 Å². The Hall–Kier alpha value is -1.47. The molecule has 1 aliphatic carbocycles. The number of halogens is 2. The van der Waals surface area contributed by atoms with Gasteiger partial charge in [-0.1, -0.05) is 6.07 Å². The molecule has 1 aliphatic rings. The van der Waals surface area contributed by atoms with E-state index in [2.05, 4.69) is 0 Å². The van der Waals surface area contributed by atoms with Crippen LogP contribution in [0.4, 0.5) is 8.78 Å². The van der Waals surface area contributed by atoms with E-state index < -0.39 is 17.0 Å². The topological polar surface area (TPSA) is 44.0 Å². The molecular weight excluding hydrogens is 200 g/mol. The Balaban J connectivity index is 2.43. The molecule has 78 valence electrons. The number of aliphatic hydroxyl groups is 1. The average molecular weight is 209 g/mol. The zero-order chi connectivity index (χ0) is 11.1. The van der Waals surface area contributed by atoms with Gasteiger partial charge in [0.05, 0.1) is 11.5 Å². The lowest BCUT2D eigenvalue weighted by Crippen LogP contribution is -2.11. The molecule has 0 aliphatic heterocycles. The van der Waals surface area contributed by atoms with Gasteiger partial charge in [0.15, 0.2) is 0 Å². The van der Waals surface area contributed by atoms with Gasteiger partial charge in [0.25, 0.3) is 0 Å². The number of aliphatic hydroxyl groups excluding tert-OH is 1. The molecule has 1 N–H and O–H groups in total. The van der Waals surface area contributed by atoms with Crippen molar-refractivity contribution in [3.8, 4) is 6.07 Å². The molecule has 0 aromatic heterocycles. The third kappa shape index (κ3) is 1.40.